The van der Waals surface area contributed by atoms with Gasteiger partial charge in [0.25, 0.3) is 0 Å². The topological polar surface area (TPSA) is 84.2 Å². The largest absolute Gasteiger partial charge is 0.328 e. The SMILES string of the molecule is CC(N)CCCC(=O)Nc1cccc(NC(=O)C2CC2)c1. The van der Waals surface area contributed by atoms with E-state index in [1.165, 1.54) is 0 Å². The van der Waals surface area contributed by atoms with E-state index in [4.69, 9.17) is 5.73 Å². The molecule has 1 saturated carbocycles. The molecule has 2 amide bonds. The lowest BCUT2D eigenvalue weighted by atomic mass is 10.1. The van der Waals surface area contributed by atoms with Gasteiger partial charge in [-0.1, -0.05) is 6.07 Å². The van der Waals surface area contributed by atoms with Crippen molar-refractivity contribution in [3.8, 4) is 0 Å². The Morgan fingerprint density at radius 3 is 2.57 bits per heavy atom. The summed E-state index contributed by atoms with van der Waals surface area (Å²) < 4.78 is 0. The van der Waals surface area contributed by atoms with Gasteiger partial charge in [0.2, 0.25) is 11.8 Å². The smallest absolute Gasteiger partial charge is 0.227 e. The molecule has 0 saturated heterocycles. The molecule has 5 heteroatoms. The first kappa shape index (κ1) is 15.5. The lowest BCUT2D eigenvalue weighted by Crippen LogP contribution is -2.17. The van der Waals surface area contributed by atoms with Crippen molar-refractivity contribution in [2.24, 2.45) is 11.7 Å². The third kappa shape index (κ3) is 5.55. The highest BCUT2D eigenvalue weighted by Gasteiger charge is 2.29. The lowest BCUT2D eigenvalue weighted by molar-refractivity contribution is -0.117. The zero-order valence-corrected chi connectivity index (χ0v) is 12.4. The van der Waals surface area contributed by atoms with E-state index in [1.54, 1.807) is 6.07 Å². The molecule has 0 bridgehead atoms. The maximum absolute atomic E-state index is 11.8. The van der Waals surface area contributed by atoms with Gasteiger partial charge >= 0.3 is 0 Å². The molecular formula is C16H23N3O2. The van der Waals surface area contributed by atoms with E-state index in [-0.39, 0.29) is 23.8 Å². The Balaban J connectivity index is 1.82. The summed E-state index contributed by atoms with van der Waals surface area (Å²) in [7, 11) is 0. The Morgan fingerprint density at radius 2 is 1.95 bits per heavy atom. The summed E-state index contributed by atoms with van der Waals surface area (Å²) in [6, 6.07) is 7.37. The third-order valence-electron chi connectivity index (χ3n) is 3.43. The van der Waals surface area contributed by atoms with Crippen molar-refractivity contribution < 1.29 is 9.59 Å². The zero-order valence-electron chi connectivity index (χ0n) is 12.4. The van der Waals surface area contributed by atoms with Gasteiger partial charge in [0.1, 0.15) is 0 Å². The molecule has 1 fully saturated rings. The second kappa shape index (κ2) is 7.22. The molecule has 0 aliphatic heterocycles. The van der Waals surface area contributed by atoms with Crippen LogP contribution in [-0.4, -0.2) is 17.9 Å². The highest BCUT2D eigenvalue weighted by Crippen LogP contribution is 2.30. The quantitative estimate of drug-likeness (QED) is 0.721. The van der Waals surface area contributed by atoms with Crippen molar-refractivity contribution in [2.75, 3.05) is 10.6 Å². The minimum Gasteiger partial charge on any atom is -0.328 e. The van der Waals surface area contributed by atoms with Crippen LogP contribution < -0.4 is 16.4 Å². The monoisotopic (exact) mass is 289 g/mol. The molecule has 0 radical (unpaired) electrons. The molecule has 1 aromatic carbocycles. The number of nitrogens with two attached hydrogens (primary N) is 1. The summed E-state index contributed by atoms with van der Waals surface area (Å²) in [6.45, 7) is 1.93. The number of hydrogen-bond donors (Lipinski definition) is 3. The summed E-state index contributed by atoms with van der Waals surface area (Å²) in [5.74, 6) is 0.207. The predicted molar refractivity (Wildman–Crippen MR) is 83.9 cm³/mol. The van der Waals surface area contributed by atoms with Gasteiger partial charge < -0.3 is 16.4 Å². The summed E-state index contributed by atoms with van der Waals surface area (Å²) in [6.07, 6.45) is 4.02. The average molecular weight is 289 g/mol. The van der Waals surface area contributed by atoms with E-state index in [0.29, 0.717) is 12.1 Å². The van der Waals surface area contributed by atoms with E-state index in [1.807, 2.05) is 25.1 Å². The van der Waals surface area contributed by atoms with Crippen LogP contribution in [0.2, 0.25) is 0 Å². The Hall–Kier alpha value is -1.88. The zero-order chi connectivity index (χ0) is 15.2. The van der Waals surface area contributed by atoms with Crippen molar-refractivity contribution in [3.05, 3.63) is 24.3 Å². The number of amides is 2. The summed E-state index contributed by atoms with van der Waals surface area (Å²) in [5, 5.41) is 5.71. The second-order valence-electron chi connectivity index (χ2n) is 5.76. The molecule has 1 atom stereocenters. The molecule has 21 heavy (non-hydrogen) atoms. The summed E-state index contributed by atoms with van der Waals surface area (Å²) in [5.41, 5.74) is 7.08. The van der Waals surface area contributed by atoms with Gasteiger partial charge in [-0.25, -0.2) is 0 Å². The van der Waals surface area contributed by atoms with Crippen molar-refractivity contribution in [1.82, 2.24) is 0 Å². The Bertz CT molecular complexity index is 510. The fraction of sp³-hybridized carbons (Fsp3) is 0.500. The number of rotatable bonds is 7. The highest BCUT2D eigenvalue weighted by atomic mass is 16.2. The number of carbonyl (C=O) groups is 2. The molecule has 1 aliphatic rings. The standard InChI is InChI=1S/C16H23N3O2/c1-11(17)4-2-7-15(20)18-13-5-3-6-14(10-13)19-16(21)12-8-9-12/h3,5-6,10-12H,2,4,7-9,17H2,1H3,(H,18,20)(H,19,21). The second-order valence-corrected chi connectivity index (χ2v) is 5.76. The van der Waals surface area contributed by atoms with Gasteiger partial charge in [-0.3, -0.25) is 9.59 Å². The number of benzene rings is 1. The molecule has 1 aliphatic carbocycles. The van der Waals surface area contributed by atoms with Gasteiger partial charge in [-0.05, 0) is 50.8 Å². The van der Waals surface area contributed by atoms with Crippen LogP contribution in [0.25, 0.3) is 0 Å². The molecule has 0 heterocycles. The van der Waals surface area contributed by atoms with Gasteiger partial charge in [0, 0.05) is 29.8 Å². The van der Waals surface area contributed by atoms with Crippen molar-refractivity contribution in [3.63, 3.8) is 0 Å². The molecule has 0 spiro atoms. The van der Waals surface area contributed by atoms with E-state index >= 15 is 0 Å². The van der Waals surface area contributed by atoms with Crippen molar-refractivity contribution >= 4 is 23.2 Å². The molecule has 2 rings (SSSR count). The maximum atomic E-state index is 11.8. The third-order valence-corrected chi connectivity index (χ3v) is 3.43. The van der Waals surface area contributed by atoms with Crippen molar-refractivity contribution in [1.29, 1.82) is 0 Å². The fourth-order valence-electron chi connectivity index (χ4n) is 2.07. The molecule has 1 aromatic rings. The van der Waals surface area contributed by atoms with Crippen LogP contribution in [0.1, 0.15) is 39.0 Å². The number of anilines is 2. The number of hydrogen-bond acceptors (Lipinski definition) is 3. The number of carbonyl (C=O) groups excluding carboxylic acids is 2. The first-order valence-corrected chi connectivity index (χ1v) is 7.51. The van der Waals surface area contributed by atoms with Crippen LogP contribution in [0, 0.1) is 5.92 Å². The number of nitrogens with one attached hydrogen (secondary N) is 2. The Morgan fingerprint density at radius 1 is 1.29 bits per heavy atom. The summed E-state index contributed by atoms with van der Waals surface area (Å²) in [4.78, 5) is 23.5. The van der Waals surface area contributed by atoms with E-state index < -0.39 is 0 Å². The van der Waals surface area contributed by atoms with Gasteiger partial charge in [-0.15, -0.1) is 0 Å². The Kier molecular flexibility index (Phi) is 5.33. The van der Waals surface area contributed by atoms with Gasteiger partial charge in [0.15, 0.2) is 0 Å². The summed E-state index contributed by atoms with van der Waals surface area (Å²) >= 11 is 0. The first-order chi connectivity index (χ1) is 10.0. The van der Waals surface area contributed by atoms with Gasteiger partial charge in [-0.2, -0.15) is 0 Å². The van der Waals surface area contributed by atoms with Crippen LogP contribution in [0.15, 0.2) is 24.3 Å². The molecule has 1 unspecified atom stereocenters. The normalized spacial score (nSPS) is 15.3. The first-order valence-electron chi connectivity index (χ1n) is 7.51. The predicted octanol–water partition coefficient (Wildman–Crippen LogP) is 2.49. The Labute approximate surface area is 125 Å². The molecule has 5 nitrogen and oxygen atoms in total. The van der Waals surface area contributed by atoms with Gasteiger partial charge in [0.05, 0.1) is 0 Å². The van der Waals surface area contributed by atoms with Crippen LogP contribution in [0.3, 0.4) is 0 Å². The van der Waals surface area contributed by atoms with Crippen LogP contribution in [0.4, 0.5) is 11.4 Å². The highest BCUT2D eigenvalue weighted by molar-refractivity contribution is 5.95. The minimum atomic E-state index is -0.0266. The molecular weight excluding hydrogens is 266 g/mol. The van der Waals surface area contributed by atoms with Crippen LogP contribution in [-0.2, 0) is 9.59 Å². The minimum absolute atomic E-state index is 0.0266. The van der Waals surface area contributed by atoms with E-state index in [2.05, 4.69) is 10.6 Å². The van der Waals surface area contributed by atoms with E-state index in [9.17, 15) is 9.59 Å². The van der Waals surface area contributed by atoms with Crippen LogP contribution in [0.5, 0.6) is 0 Å². The van der Waals surface area contributed by atoms with Crippen LogP contribution >= 0.6 is 0 Å². The molecule has 0 aromatic heterocycles. The fourth-order valence-corrected chi connectivity index (χ4v) is 2.07. The van der Waals surface area contributed by atoms with E-state index in [0.717, 1.165) is 31.4 Å². The average Bonchev–Trinajstić information content (AvgIpc) is 3.22. The molecule has 114 valence electrons. The maximum Gasteiger partial charge on any atom is 0.227 e. The van der Waals surface area contributed by atoms with Crippen molar-refractivity contribution in [2.45, 2.75) is 45.1 Å². The molecule has 4 N–H and O–H groups in total. The lowest BCUT2D eigenvalue weighted by Gasteiger charge is -2.09.